The lowest BCUT2D eigenvalue weighted by Crippen LogP contribution is -2.29. The summed E-state index contributed by atoms with van der Waals surface area (Å²) in [6.07, 6.45) is 5.98. The predicted molar refractivity (Wildman–Crippen MR) is 60.7 cm³/mol. The van der Waals surface area contributed by atoms with E-state index in [1.54, 1.807) is 0 Å². The summed E-state index contributed by atoms with van der Waals surface area (Å²) in [5.41, 5.74) is 0. The molecule has 1 aliphatic carbocycles. The number of hydrogen-bond donors (Lipinski definition) is 1. The fourth-order valence-electron chi connectivity index (χ4n) is 1.71. The van der Waals surface area contributed by atoms with E-state index in [0.29, 0.717) is 6.04 Å². The van der Waals surface area contributed by atoms with Gasteiger partial charge in [-0.3, -0.25) is 0 Å². The fourth-order valence-corrected chi connectivity index (χ4v) is 2.50. The Bertz CT molecular complexity index is 291. The minimum absolute atomic E-state index is 0.712. The smallest absolute Gasteiger partial charge is 0.0896 e. The average Bonchev–Trinajstić information content (AvgIpc) is 2.92. The molecule has 14 heavy (non-hydrogen) atoms. The third-order valence-corrected chi connectivity index (χ3v) is 3.81. The van der Waals surface area contributed by atoms with Crippen molar-refractivity contribution in [3.63, 3.8) is 0 Å². The van der Waals surface area contributed by atoms with Gasteiger partial charge in [0.1, 0.15) is 0 Å². The SMILES string of the molecule is Cc1ncc(CCNC(C)C2CC2)s1. The number of aryl methyl sites for hydroxylation is 1. The molecule has 1 aliphatic rings. The highest BCUT2D eigenvalue weighted by molar-refractivity contribution is 7.11. The summed E-state index contributed by atoms with van der Waals surface area (Å²) >= 11 is 1.81. The lowest BCUT2D eigenvalue weighted by molar-refractivity contribution is 0.501. The van der Waals surface area contributed by atoms with Crippen molar-refractivity contribution in [2.75, 3.05) is 6.54 Å². The van der Waals surface area contributed by atoms with Gasteiger partial charge in [-0.15, -0.1) is 11.3 Å². The molecule has 2 rings (SSSR count). The quantitative estimate of drug-likeness (QED) is 0.807. The zero-order valence-corrected chi connectivity index (χ0v) is 9.73. The van der Waals surface area contributed by atoms with Crippen LogP contribution in [0.3, 0.4) is 0 Å². The summed E-state index contributed by atoms with van der Waals surface area (Å²) in [6.45, 7) is 5.46. The molecule has 1 atom stereocenters. The molecule has 1 fully saturated rings. The van der Waals surface area contributed by atoms with Crippen LogP contribution in [0.4, 0.5) is 0 Å². The summed E-state index contributed by atoms with van der Waals surface area (Å²) in [5, 5.41) is 4.76. The van der Waals surface area contributed by atoms with Crippen LogP contribution < -0.4 is 5.32 Å². The van der Waals surface area contributed by atoms with Gasteiger partial charge in [-0.05, 0) is 39.0 Å². The molecule has 0 spiro atoms. The Kier molecular flexibility index (Phi) is 3.19. The van der Waals surface area contributed by atoms with Crippen LogP contribution in [0.15, 0.2) is 6.20 Å². The van der Waals surface area contributed by atoms with Crippen molar-refractivity contribution >= 4 is 11.3 Å². The molecule has 0 saturated heterocycles. The summed E-state index contributed by atoms with van der Waals surface area (Å²) in [6, 6.07) is 0.712. The molecule has 0 radical (unpaired) electrons. The summed E-state index contributed by atoms with van der Waals surface area (Å²) in [5.74, 6) is 0.957. The lowest BCUT2D eigenvalue weighted by Gasteiger charge is -2.11. The number of rotatable bonds is 5. The van der Waals surface area contributed by atoms with E-state index >= 15 is 0 Å². The molecular weight excluding hydrogens is 192 g/mol. The molecule has 1 N–H and O–H groups in total. The van der Waals surface area contributed by atoms with Crippen molar-refractivity contribution in [1.29, 1.82) is 0 Å². The maximum atomic E-state index is 4.25. The van der Waals surface area contributed by atoms with Crippen molar-refractivity contribution in [3.05, 3.63) is 16.1 Å². The van der Waals surface area contributed by atoms with Crippen molar-refractivity contribution in [1.82, 2.24) is 10.3 Å². The normalized spacial score (nSPS) is 18.4. The molecule has 1 saturated carbocycles. The molecule has 1 aromatic heterocycles. The molecular formula is C11H18N2S. The number of nitrogens with zero attached hydrogens (tertiary/aromatic N) is 1. The van der Waals surface area contributed by atoms with Crippen molar-refractivity contribution < 1.29 is 0 Å². The van der Waals surface area contributed by atoms with E-state index in [4.69, 9.17) is 0 Å². The Morgan fingerprint density at radius 1 is 1.64 bits per heavy atom. The molecule has 1 aromatic rings. The number of nitrogens with one attached hydrogen (secondary N) is 1. The zero-order chi connectivity index (χ0) is 9.97. The Morgan fingerprint density at radius 3 is 3.00 bits per heavy atom. The predicted octanol–water partition coefficient (Wildman–Crippen LogP) is 2.38. The van der Waals surface area contributed by atoms with Gasteiger partial charge in [0.15, 0.2) is 0 Å². The number of aromatic nitrogens is 1. The second-order valence-corrected chi connectivity index (χ2v) is 5.50. The summed E-state index contributed by atoms with van der Waals surface area (Å²) in [7, 11) is 0. The number of thiazole rings is 1. The van der Waals surface area contributed by atoms with Crippen LogP contribution in [0.2, 0.25) is 0 Å². The van der Waals surface area contributed by atoms with E-state index in [0.717, 1.165) is 18.9 Å². The first-order chi connectivity index (χ1) is 6.75. The first-order valence-corrected chi connectivity index (χ1v) is 6.22. The standard InChI is InChI=1S/C11H18N2S/c1-8(10-3-4-10)12-6-5-11-7-13-9(2)14-11/h7-8,10,12H,3-6H2,1-2H3. The molecule has 0 aliphatic heterocycles. The van der Waals surface area contributed by atoms with Gasteiger partial charge in [-0.2, -0.15) is 0 Å². The minimum Gasteiger partial charge on any atom is -0.314 e. The highest BCUT2D eigenvalue weighted by Gasteiger charge is 2.27. The molecule has 2 nitrogen and oxygen atoms in total. The average molecular weight is 210 g/mol. The molecule has 1 heterocycles. The van der Waals surface area contributed by atoms with Crippen LogP contribution in [-0.4, -0.2) is 17.6 Å². The topological polar surface area (TPSA) is 24.9 Å². The minimum atomic E-state index is 0.712. The Morgan fingerprint density at radius 2 is 2.43 bits per heavy atom. The first-order valence-electron chi connectivity index (χ1n) is 5.40. The zero-order valence-electron chi connectivity index (χ0n) is 8.92. The molecule has 78 valence electrons. The summed E-state index contributed by atoms with van der Waals surface area (Å²) < 4.78 is 0. The fraction of sp³-hybridized carbons (Fsp3) is 0.727. The van der Waals surface area contributed by atoms with E-state index in [1.165, 1.54) is 22.7 Å². The molecule has 0 bridgehead atoms. The molecule has 0 aromatic carbocycles. The summed E-state index contributed by atoms with van der Waals surface area (Å²) in [4.78, 5) is 5.65. The maximum absolute atomic E-state index is 4.25. The monoisotopic (exact) mass is 210 g/mol. The third kappa shape index (κ3) is 2.79. The highest BCUT2D eigenvalue weighted by atomic mass is 32.1. The van der Waals surface area contributed by atoms with Crippen molar-refractivity contribution in [3.8, 4) is 0 Å². The Hall–Kier alpha value is -0.410. The molecule has 1 unspecified atom stereocenters. The van der Waals surface area contributed by atoms with E-state index in [9.17, 15) is 0 Å². The van der Waals surface area contributed by atoms with E-state index in [-0.39, 0.29) is 0 Å². The Labute approximate surface area is 89.8 Å². The lowest BCUT2D eigenvalue weighted by atomic mass is 10.2. The van der Waals surface area contributed by atoms with Gasteiger partial charge in [0.05, 0.1) is 5.01 Å². The van der Waals surface area contributed by atoms with Gasteiger partial charge in [-0.1, -0.05) is 0 Å². The van der Waals surface area contributed by atoms with Crippen molar-refractivity contribution in [2.45, 2.75) is 39.2 Å². The maximum Gasteiger partial charge on any atom is 0.0896 e. The highest BCUT2D eigenvalue weighted by Crippen LogP contribution is 2.32. The largest absolute Gasteiger partial charge is 0.314 e. The van der Waals surface area contributed by atoms with Gasteiger partial charge < -0.3 is 5.32 Å². The van der Waals surface area contributed by atoms with E-state index in [2.05, 4.69) is 24.1 Å². The van der Waals surface area contributed by atoms with Crippen LogP contribution in [-0.2, 0) is 6.42 Å². The van der Waals surface area contributed by atoms with Gasteiger partial charge in [0.2, 0.25) is 0 Å². The van der Waals surface area contributed by atoms with E-state index in [1.807, 2.05) is 17.5 Å². The van der Waals surface area contributed by atoms with Gasteiger partial charge in [-0.25, -0.2) is 4.98 Å². The third-order valence-electron chi connectivity index (χ3n) is 2.84. The first kappa shape index (κ1) is 10.1. The number of hydrogen-bond acceptors (Lipinski definition) is 3. The van der Waals surface area contributed by atoms with Crippen LogP contribution in [0.5, 0.6) is 0 Å². The van der Waals surface area contributed by atoms with Crippen LogP contribution in [0.1, 0.15) is 29.7 Å². The van der Waals surface area contributed by atoms with Crippen LogP contribution in [0.25, 0.3) is 0 Å². The Balaban J connectivity index is 1.67. The molecule has 0 amide bonds. The van der Waals surface area contributed by atoms with Gasteiger partial charge >= 0.3 is 0 Å². The van der Waals surface area contributed by atoms with Crippen LogP contribution in [0, 0.1) is 12.8 Å². The van der Waals surface area contributed by atoms with Crippen LogP contribution >= 0.6 is 11.3 Å². The van der Waals surface area contributed by atoms with Gasteiger partial charge in [0, 0.05) is 23.7 Å². The molecule has 3 heteroatoms. The van der Waals surface area contributed by atoms with Gasteiger partial charge in [0.25, 0.3) is 0 Å². The van der Waals surface area contributed by atoms with E-state index < -0.39 is 0 Å². The van der Waals surface area contributed by atoms with Crippen molar-refractivity contribution in [2.24, 2.45) is 5.92 Å². The second kappa shape index (κ2) is 4.41. The second-order valence-electron chi connectivity index (χ2n) is 4.18.